The first-order chi connectivity index (χ1) is 12.9. The maximum Gasteiger partial charge on any atom is 0.312 e. The Bertz CT molecular complexity index is 833. The molecule has 0 aromatic heterocycles. The van der Waals surface area contributed by atoms with Crippen molar-refractivity contribution in [1.29, 1.82) is 0 Å². The van der Waals surface area contributed by atoms with Crippen LogP contribution in [-0.2, 0) is 15.0 Å². The summed E-state index contributed by atoms with van der Waals surface area (Å²) in [7, 11) is 0. The Morgan fingerprint density at radius 1 is 1.07 bits per heavy atom. The van der Waals surface area contributed by atoms with Gasteiger partial charge in [-0.1, -0.05) is 49.2 Å². The molecule has 1 aliphatic carbocycles. The highest BCUT2D eigenvalue weighted by Gasteiger charge is 2.44. The van der Waals surface area contributed by atoms with Crippen LogP contribution in [0.5, 0.6) is 0 Å². The summed E-state index contributed by atoms with van der Waals surface area (Å²) in [5, 5.41) is 12.2. The van der Waals surface area contributed by atoms with Crippen molar-refractivity contribution in [3.63, 3.8) is 0 Å². The monoisotopic (exact) mass is 373 g/mol. The van der Waals surface area contributed by atoms with E-state index >= 15 is 0 Å². The van der Waals surface area contributed by atoms with Crippen molar-refractivity contribution in [3.05, 3.63) is 71.3 Å². The zero-order chi connectivity index (χ0) is 19.4. The van der Waals surface area contributed by atoms with Crippen LogP contribution in [0.2, 0.25) is 0 Å². The van der Waals surface area contributed by atoms with E-state index in [-0.39, 0.29) is 12.1 Å². The van der Waals surface area contributed by atoms with Gasteiger partial charge in [0.2, 0.25) is 5.91 Å². The van der Waals surface area contributed by atoms with Crippen LogP contribution in [-0.4, -0.2) is 23.5 Å². The van der Waals surface area contributed by atoms with Crippen molar-refractivity contribution >= 4 is 11.9 Å². The Morgan fingerprint density at radius 2 is 1.74 bits per heavy atom. The van der Waals surface area contributed by atoms with Crippen LogP contribution in [0, 0.1) is 11.6 Å². The number of halogens is 2. The number of carbonyl (C=O) groups excluding carboxylic acids is 1. The fourth-order valence-electron chi connectivity index (χ4n) is 3.87. The summed E-state index contributed by atoms with van der Waals surface area (Å²) < 4.78 is 27.7. The molecule has 2 N–H and O–H groups in total. The zero-order valence-corrected chi connectivity index (χ0v) is 14.8. The first-order valence-corrected chi connectivity index (χ1v) is 8.95. The van der Waals surface area contributed by atoms with Gasteiger partial charge < -0.3 is 10.4 Å². The van der Waals surface area contributed by atoms with Crippen molar-refractivity contribution in [3.8, 4) is 0 Å². The molecule has 1 saturated carbocycles. The third-order valence-electron chi connectivity index (χ3n) is 5.31. The quantitative estimate of drug-likeness (QED) is 0.810. The lowest BCUT2D eigenvalue weighted by Crippen LogP contribution is -2.45. The number of benzene rings is 2. The molecule has 1 unspecified atom stereocenters. The Labute approximate surface area is 156 Å². The Kier molecular flexibility index (Phi) is 5.54. The van der Waals surface area contributed by atoms with Crippen molar-refractivity contribution in [2.45, 2.75) is 37.0 Å². The van der Waals surface area contributed by atoms with Crippen molar-refractivity contribution < 1.29 is 23.5 Å². The third kappa shape index (κ3) is 3.84. The molecule has 0 spiro atoms. The number of nitrogens with one attached hydrogen (secondary N) is 1. The number of aliphatic carboxylic acids is 1. The molecule has 1 fully saturated rings. The minimum absolute atomic E-state index is 0.0945. The Balaban J connectivity index is 1.83. The molecule has 2 aromatic carbocycles. The molecular formula is C21H21F2NO3. The molecule has 142 valence electrons. The molecule has 2 aromatic rings. The number of amides is 1. The van der Waals surface area contributed by atoms with Crippen molar-refractivity contribution in [2.24, 2.45) is 0 Å². The van der Waals surface area contributed by atoms with Gasteiger partial charge in [0, 0.05) is 18.2 Å². The first-order valence-electron chi connectivity index (χ1n) is 8.95. The van der Waals surface area contributed by atoms with Crippen LogP contribution in [0.25, 0.3) is 0 Å². The molecule has 0 saturated heterocycles. The fourth-order valence-corrected chi connectivity index (χ4v) is 3.87. The Hall–Kier alpha value is -2.76. The molecular weight excluding hydrogens is 352 g/mol. The molecule has 27 heavy (non-hydrogen) atoms. The highest BCUT2D eigenvalue weighted by Crippen LogP contribution is 2.42. The summed E-state index contributed by atoms with van der Waals surface area (Å²) in [6.07, 6.45) is 2.41. The second-order valence-corrected chi connectivity index (χ2v) is 6.92. The van der Waals surface area contributed by atoms with E-state index in [1.165, 1.54) is 6.07 Å². The largest absolute Gasteiger partial charge is 0.481 e. The lowest BCUT2D eigenvalue weighted by Gasteiger charge is -2.29. The smallest absolute Gasteiger partial charge is 0.312 e. The molecule has 1 aliphatic rings. The van der Waals surface area contributed by atoms with Gasteiger partial charge in [0.1, 0.15) is 11.6 Å². The number of hydrogen-bond donors (Lipinski definition) is 2. The van der Waals surface area contributed by atoms with Crippen LogP contribution >= 0.6 is 0 Å². The minimum atomic E-state index is -1.09. The number of rotatable bonds is 6. The van der Waals surface area contributed by atoms with Crippen LogP contribution in [0.3, 0.4) is 0 Å². The van der Waals surface area contributed by atoms with E-state index < -0.39 is 34.8 Å². The number of hydrogen-bond acceptors (Lipinski definition) is 2. The van der Waals surface area contributed by atoms with E-state index in [9.17, 15) is 23.5 Å². The van der Waals surface area contributed by atoms with Gasteiger partial charge in [-0.3, -0.25) is 9.59 Å². The molecule has 4 nitrogen and oxygen atoms in total. The number of carbonyl (C=O) groups is 2. The summed E-state index contributed by atoms with van der Waals surface area (Å²) in [5.74, 6) is -3.79. The predicted octanol–water partition coefficient (Wildman–Crippen LogP) is 3.76. The van der Waals surface area contributed by atoms with Gasteiger partial charge in [0.15, 0.2) is 0 Å². The second-order valence-electron chi connectivity index (χ2n) is 6.92. The van der Waals surface area contributed by atoms with Gasteiger partial charge in [-0.15, -0.1) is 0 Å². The average Bonchev–Trinajstić information content (AvgIpc) is 3.13. The van der Waals surface area contributed by atoms with Crippen LogP contribution in [0.4, 0.5) is 8.78 Å². The topological polar surface area (TPSA) is 66.4 Å². The molecule has 0 aliphatic heterocycles. The van der Waals surface area contributed by atoms with E-state index in [4.69, 9.17) is 0 Å². The zero-order valence-electron chi connectivity index (χ0n) is 14.8. The summed E-state index contributed by atoms with van der Waals surface area (Å²) in [6, 6.07) is 11.9. The summed E-state index contributed by atoms with van der Waals surface area (Å²) in [4.78, 5) is 24.6. The maximum absolute atomic E-state index is 14.4. The molecule has 6 heteroatoms. The van der Waals surface area contributed by atoms with Crippen molar-refractivity contribution in [2.75, 3.05) is 6.54 Å². The van der Waals surface area contributed by atoms with Crippen LogP contribution in [0.1, 0.15) is 42.7 Å². The van der Waals surface area contributed by atoms with Crippen LogP contribution in [0.15, 0.2) is 48.5 Å². The number of carboxylic acid groups (broad SMARTS) is 1. The SMILES string of the molecule is O=C(O)C(CNC(=O)C1(c2ccc(F)cc2F)CCCC1)c1ccccc1. The highest BCUT2D eigenvalue weighted by atomic mass is 19.1. The molecule has 1 atom stereocenters. The van der Waals surface area contributed by atoms with Gasteiger partial charge in [0.05, 0.1) is 11.3 Å². The summed E-state index contributed by atoms with van der Waals surface area (Å²) in [6.45, 7) is -0.0945. The molecule has 0 bridgehead atoms. The second kappa shape index (κ2) is 7.86. The molecule has 0 heterocycles. The summed E-state index contributed by atoms with van der Waals surface area (Å²) >= 11 is 0. The van der Waals surface area contributed by atoms with Gasteiger partial charge >= 0.3 is 5.97 Å². The van der Waals surface area contributed by atoms with E-state index in [2.05, 4.69) is 5.32 Å². The van der Waals surface area contributed by atoms with Crippen LogP contribution < -0.4 is 5.32 Å². The number of carboxylic acids is 1. The fraction of sp³-hybridized carbons (Fsp3) is 0.333. The van der Waals surface area contributed by atoms with Gasteiger partial charge in [-0.05, 0) is 24.5 Å². The van der Waals surface area contributed by atoms with Gasteiger partial charge in [-0.2, -0.15) is 0 Å². The standard InChI is InChI=1S/C21H21F2NO3/c22-15-8-9-17(18(23)12-15)21(10-4-5-11-21)20(27)24-13-16(19(25)26)14-6-2-1-3-7-14/h1-3,6-9,12,16H,4-5,10-11,13H2,(H,24,27)(H,25,26). The third-order valence-corrected chi connectivity index (χ3v) is 5.31. The minimum Gasteiger partial charge on any atom is -0.481 e. The lowest BCUT2D eigenvalue weighted by molar-refractivity contribution is -0.138. The van der Waals surface area contributed by atoms with Crippen molar-refractivity contribution in [1.82, 2.24) is 5.32 Å². The average molecular weight is 373 g/mol. The molecule has 0 radical (unpaired) electrons. The van der Waals surface area contributed by atoms with E-state index in [0.717, 1.165) is 25.0 Å². The highest BCUT2D eigenvalue weighted by molar-refractivity contribution is 5.89. The predicted molar refractivity (Wildman–Crippen MR) is 96.3 cm³/mol. The lowest BCUT2D eigenvalue weighted by atomic mass is 9.77. The Morgan fingerprint density at radius 3 is 2.33 bits per heavy atom. The summed E-state index contributed by atoms with van der Waals surface area (Å²) in [5.41, 5.74) is -0.332. The first kappa shape index (κ1) is 19.0. The van der Waals surface area contributed by atoms with Gasteiger partial charge in [-0.25, -0.2) is 8.78 Å². The van der Waals surface area contributed by atoms with E-state index in [0.29, 0.717) is 18.4 Å². The molecule has 3 rings (SSSR count). The van der Waals surface area contributed by atoms with E-state index in [1.807, 2.05) is 0 Å². The maximum atomic E-state index is 14.4. The molecule has 1 amide bonds. The van der Waals surface area contributed by atoms with Gasteiger partial charge in [0.25, 0.3) is 0 Å². The van der Waals surface area contributed by atoms with E-state index in [1.54, 1.807) is 30.3 Å². The normalized spacial score (nSPS) is 16.7.